The first-order valence-corrected chi connectivity index (χ1v) is 6.79. The van der Waals surface area contributed by atoms with Crippen molar-refractivity contribution in [3.8, 4) is 6.07 Å². The molecule has 1 aromatic rings. The molecule has 0 aliphatic carbocycles. The third-order valence-electron chi connectivity index (χ3n) is 3.66. The van der Waals surface area contributed by atoms with Gasteiger partial charge in [0.05, 0.1) is 0 Å². The normalized spacial score (nSPS) is 17.0. The number of amides is 2. The lowest BCUT2D eigenvalue weighted by molar-refractivity contribution is -0.138. The summed E-state index contributed by atoms with van der Waals surface area (Å²) in [7, 11) is 5.28. The van der Waals surface area contributed by atoms with Gasteiger partial charge in [0.25, 0.3) is 11.8 Å². The highest BCUT2D eigenvalue weighted by Gasteiger charge is 2.32. The molecule has 0 fully saturated rings. The van der Waals surface area contributed by atoms with Gasteiger partial charge >= 0.3 is 0 Å². The third-order valence-corrected chi connectivity index (χ3v) is 3.66. The summed E-state index contributed by atoms with van der Waals surface area (Å²) in [5, 5.41) is 9.12. The smallest absolute Gasteiger partial charge is 0.271 e. The highest BCUT2D eigenvalue weighted by Crippen LogP contribution is 2.26. The van der Waals surface area contributed by atoms with Gasteiger partial charge < -0.3 is 4.90 Å². The van der Waals surface area contributed by atoms with Crippen molar-refractivity contribution in [2.45, 2.75) is 6.92 Å². The van der Waals surface area contributed by atoms with Crippen molar-refractivity contribution < 1.29 is 9.59 Å². The summed E-state index contributed by atoms with van der Waals surface area (Å²) < 4.78 is 0. The van der Waals surface area contributed by atoms with Crippen LogP contribution in [0.2, 0.25) is 0 Å². The first kappa shape index (κ1) is 15.5. The van der Waals surface area contributed by atoms with Crippen LogP contribution in [0.1, 0.15) is 12.5 Å². The van der Waals surface area contributed by atoms with Gasteiger partial charge in [0.15, 0.2) is 0 Å². The molecule has 0 spiro atoms. The van der Waals surface area contributed by atoms with E-state index in [1.165, 1.54) is 7.05 Å². The summed E-state index contributed by atoms with van der Waals surface area (Å²) in [6, 6.07) is 9.56. The molecule has 0 aromatic heterocycles. The van der Waals surface area contributed by atoms with Crippen molar-refractivity contribution in [3.63, 3.8) is 0 Å². The molecular formula is C17H17N3O2. The van der Waals surface area contributed by atoms with Gasteiger partial charge in [0.2, 0.25) is 0 Å². The monoisotopic (exact) mass is 295 g/mol. The SMILES string of the molecule is CC1=C(C#N)C(=O)N(C)C(=O)/C1=C\c1ccc(N(C)C)cc1. The van der Waals surface area contributed by atoms with Crippen molar-refractivity contribution in [2.24, 2.45) is 0 Å². The Morgan fingerprint density at radius 2 is 1.73 bits per heavy atom. The number of nitrogens with zero attached hydrogens (tertiary/aromatic N) is 3. The fourth-order valence-corrected chi connectivity index (χ4v) is 2.23. The number of rotatable bonds is 2. The quantitative estimate of drug-likeness (QED) is 0.618. The molecule has 5 heteroatoms. The lowest BCUT2D eigenvalue weighted by atomic mass is 9.94. The Balaban J connectivity index is 2.49. The molecule has 2 amide bonds. The number of nitriles is 1. The van der Waals surface area contributed by atoms with E-state index in [-0.39, 0.29) is 5.57 Å². The Labute approximate surface area is 129 Å². The molecule has 0 unspecified atom stereocenters. The van der Waals surface area contributed by atoms with Crippen LogP contribution in [0, 0.1) is 11.3 Å². The van der Waals surface area contributed by atoms with E-state index in [9.17, 15) is 9.59 Å². The Bertz CT molecular complexity index is 734. The predicted molar refractivity (Wildman–Crippen MR) is 84.8 cm³/mol. The average Bonchev–Trinajstić information content (AvgIpc) is 2.50. The molecule has 22 heavy (non-hydrogen) atoms. The lowest BCUT2D eigenvalue weighted by Crippen LogP contribution is -2.39. The Morgan fingerprint density at radius 1 is 1.14 bits per heavy atom. The summed E-state index contributed by atoms with van der Waals surface area (Å²) in [6.45, 7) is 1.63. The number of anilines is 1. The predicted octanol–water partition coefficient (Wildman–Crippen LogP) is 1.97. The number of imide groups is 1. The largest absolute Gasteiger partial charge is 0.378 e. The Morgan fingerprint density at radius 3 is 2.23 bits per heavy atom. The highest BCUT2D eigenvalue weighted by atomic mass is 16.2. The van der Waals surface area contributed by atoms with E-state index in [0.29, 0.717) is 11.1 Å². The van der Waals surface area contributed by atoms with Crippen molar-refractivity contribution in [1.29, 1.82) is 5.26 Å². The molecule has 0 N–H and O–H groups in total. The van der Waals surface area contributed by atoms with E-state index in [1.807, 2.05) is 49.3 Å². The molecule has 1 aromatic carbocycles. The van der Waals surface area contributed by atoms with Crippen LogP contribution in [0.15, 0.2) is 41.0 Å². The molecule has 5 nitrogen and oxygen atoms in total. The molecular weight excluding hydrogens is 278 g/mol. The van der Waals surface area contributed by atoms with E-state index in [1.54, 1.807) is 13.0 Å². The number of hydrogen-bond donors (Lipinski definition) is 0. The maximum absolute atomic E-state index is 12.3. The Hall–Kier alpha value is -2.87. The van der Waals surface area contributed by atoms with Crippen LogP contribution < -0.4 is 4.90 Å². The van der Waals surface area contributed by atoms with Crippen molar-refractivity contribution in [1.82, 2.24) is 4.90 Å². The number of benzene rings is 1. The summed E-state index contributed by atoms with van der Waals surface area (Å²) in [5.74, 6) is -0.941. The van der Waals surface area contributed by atoms with Crippen LogP contribution in [-0.2, 0) is 9.59 Å². The molecule has 112 valence electrons. The number of likely N-dealkylation sites (N-methyl/N-ethyl adjacent to an activating group) is 1. The summed E-state index contributed by atoms with van der Waals surface area (Å²) in [6.07, 6.45) is 1.71. The summed E-state index contributed by atoms with van der Waals surface area (Å²) in [5.41, 5.74) is 2.70. The van der Waals surface area contributed by atoms with Crippen LogP contribution >= 0.6 is 0 Å². The second kappa shape index (κ2) is 5.86. The molecule has 0 atom stereocenters. The zero-order valence-electron chi connectivity index (χ0n) is 13.0. The van der Waals surface area contributed by atoms with Gasteiger partial charge in [-0.25, -0.2) is 0 Å². The van der Waals surface area contributed by atoms with Gasteiger partial charge in [-0.05, 0) is 36.3 Å². The van der Waals surface area contributed by atoms with Gasteiger partial charge in [0.1, 0.15) is 11.6 Å². The fourth-order valence-electron chi connectivity index (χ4n) is 2.23. The highest BCUT2D eigenvalue weighted by molar-refractivity contribution is 6.19. The molecule has 1 aliphatic rings. The number of carbonyl (C=O) groups excluding carboxylic acids is 2. The van der Waals surface area contributed by atoms with E-state index >= 15 is 0 Å². The zero-order valence-corrected chi connectivity index (χ0v) is 13.0. The van der Waals surface area contributed by atoms with Gasteiger partial charge in [-0.3, -0.25) is 14.5 Å². The third kappa shape index (κ3) is 2.63. The summed E-state index contributed by atoms with van der Waals surface area (Å²) in [4.78, 5) is 27.1. The topological polar surface area (TPSA) is 64.4 Å². The molecule has 1 aliphatic heterocycles. The minimum Gasteiger partial charge on any atom is -0.378 e. The maximum Gasteiger partial charge on any atom is 0.271 e. The van der Waals surface area contributed by atoms with Crippen LogP contribution in [0.4, 0.5) is 5.69 Å². The summed E-state index contributed by atoms with van der Waals surface area (Å²) >= 11 is 0. The van der Waals surface area contributed by atoms with E-state index in [4.69, 9.17) is 5.26 Å². The van der Waals surface area contributed by atoms with Gasteiger partial charge in [-0.1, -0.05) is 12.1 Å². The minimum absolute atomic E-state index is 0.0123. The molecule has 1 heterocycles. The van der Waals surface area contributed by atoms with Crippen LogP contribution in [0.5, 0.6) is 0 Å². The average molecular weight is 295 g/mol. The van der Waals surface area contributed by atoms with E-state index in [0.717, 1.165) is 16.2 Å². The second-order valence-electron chi connectivity index (χ2n) is 5.33. The number of carbonyl (C=O) groups is 2. The van der Waals surface area contributed by atoms with Crippen molar-refractivity contribution in [2.75, 3.05) is 26.0 Å². The first-order chi connectivity index (χ1) is 10.4. The van der Waals surface area contributed by atoms with Gasteiger partial charge in [-0.15, -0.1) is 0 Å². The van der Waals surface area contributed by atoms with Crippen molar-refractivity contribution in [3.05, 3.63) is 46.5 Å². The zero-order chi connectivity index (χ0) is 16.4. The van der Waals surface area contributed by atoms with Gasteiger partial charge in [-0.2, -0.15) is 5.26 Å². The fraction of sp³-hybridized carbons (Fsp3) is 0.235. The molecule has 0 radical (unpaired) electrons. The second-order valence-corrected chi connectivity index (χ2v) is 5.33. The minimum atomic E-state index is -0.551. The maximum atomic E-state index is 12.3. The van der Waals surface area contributed by atoms with Crippen molar-refractivity contribution >= 4 is 23.6 Å². The van der Waals surface area contributed by atoms with Crippen LogP contribution in [0.25, 0.3) is 6.08 Å². The Kier molecular flexibility index (Phi) is 4.13. The van der Waals surface area contributed by atoms with E-state index in [2.05, 4.69) is 0 Å². The molecule has 2 rings (SSSR count). The molecule has 0 saturated carbocycles. The lowest BCUT2D eigenvalue weighted by Gasteiger charge is -2.23. The molecule has 0 saturated heterocycles. The number of hydrogen-bond acceptors (Lipinski definition) is 4. The standard InChI is InChI=1S/C17H17N3O2/c1-11-14(16(21)20(4)17(22)15(11)10-18)9-12-5-7-13(8-6-12)19(2)3/h5-9H,1-4H3/b14-9-. The van der Waals surface area contributed by atoms with Crippen LogP contribution in [0.3, 0.4) is 0 Å². The van der Waals surface area contributed by atoms with Crippen LogP contribution in [-0.4, -0.2) is 37.9 Å². The van der Waals surface area contributed by atoms with Gasteiger partial charge in [0, 0.05) is 32.4 Å². The first-order valence-electron chi connectivity index (χ1n) is 6.79. The van der Waals surface area contributed by atoms with E-state index < -0.39 is 11.8 Å². The molecule has 0 bridgehead atoms.